The molecule has 2 atom stereocenters. The van der Waals surface area contributed by atoms with Gasteiger partial charge in [0, 0.05) is 31.4 Å². The highest BCUT2D eigenvalue weighted by molar-refractivity contribution is 5.73. The van der Waals surface area contributed by atoms with Crippen LogP contribution in [0, 0.1) is 12.7 Å². The van der Waals surface area contributed by atoms with Gasteiger partial charge < -0.3 is 24.8 Å². The number of hydrogen-bond donors (Lipinski definition) is 3. The van der Waals surface area contributed by atoms with E-state index in [9.17, 15) is 43.9 Å². The summed E-state index contributed by atoms with van der Waals surface area (Å²) < 4.78 is 121. The fourth-order valence-corrected chi connectivity index (χ4v) is 4.02. The zero-order valence-corrected chi connectivity index (χ0v) is 24.0. The summed E-state index contributed by atoms with van der Waals surface area (Å²) in [4.78, 5) is 37.7. The molecule has 11 nitrogen and oxygen atoms in total. The summed E-state index contributed by atoms with van der Waals surface area (Å²) in [6, 6.07) is 9.06. The maximum absolute atomic E-state index is 13.8. The summed E-state index contributed by atoms with van der Waals surface area (Å²) in [7, 11) is 0. The maximum atomic E-state index is 13.8. The number of carboxylic acid groups (broad SMARTS) is 3. The Labute approximate surface area is 258 Å². The lowest BCUT2D eigenvalue weighted by atomic mass is 9.89. The van der Waals surface area contributed by atoms with E-state index >= 15 is 0 Å². The molecular weight excluding hydrogens is 672 g/mol. The molecule has 2 aromatic heterocycles. The van der Waals surface area contributed by atoms with Crippen LogP contribution in [0.2, 0.25) is 0 Å². The number of aliphatic carboxylic acids is 3. The predicted molar refractivity (Wildman–Crippen MR) is 136 cm³/mol. The molecule has 264 valence electrons. The molecule has 0 bridgehead atoms. The van der Waals surface area contributed by atoms with Gasteiger partial charge in [-0.25, -0.2) is 23.8 Å². The summed E-state index contributed by atoms with van der Waals surface area (Å²) in [5.74, 6) is -8.63. The van der Waals surface area contributed by atoms with Crippen molar-refractivity contribution in [2.75, 3.05) is 19.7 Å². The van der Waals surface area contributed by atoms with Gasteiger partial charge in [-0.2, -0.15) is 39.5 Å². The molecule has 0 aromatic carbocycles. The number of alkyl halides is 9. The van der Waals surface area contributed by atoms with Crippen LogP contribution in [0.15, 0.2) is 36.5 Å². The Morgan fingerprint density at radius 3 is 1.94 bits per heavy atom. The van der Waals surface area contributed by atoms with Gasteiger partial charge in [0.25, 0.3) is 5.88 Å². The molecule has 0 aliphatic carbocycles. The van der Waals surface area contributed by atoms with Crippen LogP contribution in [0.25, 0.3) is 0 Å². The zero-order valence-electron chi connectivity index (χ0n) is 24.0. The van der Waals surface area contributed by atoms with Crippen LogP contribution in [0.4, 0.5) is 43.9 Å². The first-order valence-corrected chi connectivity index (χ1v) is 12.9. The van der Waals surface area contributed by atoms with Crippen LogP contribution in [0.5, 0.6) is 5.88 Å². The third kappa shape index (κ3) is 15.2. The highest BCUT2D eigenvalue weighted by Crippen LogP contribution is 2.36. The van der Waals surface area contributed by atoms with Gasteiger partial charge >= 0.3 is 36.4 Å². The van der Waals surface area contributed by atoms with Gasteiger partial charge in [0.1, 0.15) is 6.10 Å². The highest BCUT2D eigenvalue weighted by atomic mass is 19.4. The molecule has 21 heteroatoms. The Bertz CT molecular complexity index is 1280. The lowest BCUT2D eigenvalue weighted by molar-refractivity contribution is -0.193. The molecule has 2 aromatic rings. The molecule has 3 N–H and O–H groups in total. The molecule has 2 aliphatic heterocycles. The zero-order chi connectivity index (χ0) is 36.2. The monoisotopic (exact) mass is 699 g/mol. The number of pyridine rings is 2. The number of likely N-dealkylation sites (tertiary alicyclic amines) is 1. The minimum atomic E-state index is -5.08. The second-order valence-corrected chi connectivity index (χ2v) is 9.72. The largest absolute Gasteiger partial charge is 0.490 e. The molecular formula is C26H27F10N3O8. The average Bonchev–Trinajstić information content (AvgIpc) is 3.30. The van der Waals surface area contributed by atoms with Gasteiger partial charge in [-0.3, -0.25) is 9.88 Å². The van der Waals surface area contributed by atoms with E-state index in [1.807, 2.05) is 13.0 Å². The van der Waals surface area contributed by atoms with Gasteiger partial charge in [0.05, 0.1) is 17.9 Å². The van der Waals surface area contributed by atoms with Crippen LogP contribution in [-0.4, -0.2) is 98.0 Å². The number of rotatable bonds is 4. The van der Waals surface area contributed by atoms with Gasteiger partial charge in [-0.05, 0) is 50.6 Å². The Hall–Kier alpha value is -4.27. The predicted octanol–water partition coefficient (Wildman–Crippen LogP) is 5.03. The Morgan fingerprint density at radius 1 is 0.936 bits per heavy atom. The van der Waals surface area contributed by atoms with Crippen molar-refractivity contribution in [3.05, 3.63) is 53.7 Å². The fourth-order valence-electron chi connectivity index (χ4n) is 4.02. The van der Waals surface area contributed by atoms with E-state index in [0.717, 1.165) is 50.3 Å². The number of carbonyl (C=O) groups is 3. The first-order valence-electron chi connectivity index (χ1n) is 12.9. The van der Waals surface area contributed by atoms with Crippen molar-refractivity contribution in [3.63, 3.8) is 0 Å². The normalized spacial score (nSPS) is 19.6. The van der Waals surface area contributed by atoms with Crippen molar-refractivity contribution >= 4 is 17.9 Å². The summed E-state index contributed by atoms with van der Waals surface area (Å²) in [5.41, 5.74) is 1.92. The molecule has 2 saturated heterocycles. The van der Waals surface area contributed by atoms with Gasteiger partial charge in [-0.15, -0.1) is 0 Å². The number of piperidine rings is 1. The van der Waals surface area contributed by atoms with E-state index in [1.165, 1.54) is 6.07 Å². The topological polar surface area (TPSA) is 159 Å². The number of hydrogen-bond acceptors (Lipinski definition) is 8. The number of nitrogens with zero attached hydrogens (tertiary/aromatic N) is 3. The molecule has 2 aliphatic rings. The van der Waals surface area contributed by atoms with Crippen molar-refractivity contribution in [1.82, 2.24) is 14.9 Å². The molecule has 47 heavy (non-hydrogen) atoms. The minimum Gasteiger partial charge on any atom is -0.475 e. The highest BCUT2D eigenvalue weighted by Gasteiger charge is 2.45. The molecule has 0 amide bonds. The van der Waals surface area contributed by atoms with Crippen molar-refractivity contribution in [3.8, 4) is 5.88 Å². The van der Waals surface area contributed by atoms with E-state index in [1.54, 1.807) is 12.3 Å². The van der Waals surface area contributed by atoms with E-state index in [-0.39, 0.29) is 17.6 Å². The Kier molecular flexibility index (Phi) is 14.8. The molecule has 4 heterocycles. The van der Waals surface area contributed by atoms with Crippen molar-refractivity contribution in [2.45, 2.75) is 63.0 Å². The van der Waals surface area contributed by atoms with Crippen molar-refractivity contribution < 1.29 is 83.1 Å². The number of aryl methyl sites for hydroxylation is 1. The van der Waals surface area contributed by atoms with Crippen LogP contribution < -0.4 is 4.74 Å². The van der Waals surface area contributed by atoms with Crippen molar-refractivity contribution in [1.29, 1.82) is 0 Å². The second-order valence-electron chi connectivity index (χ2n) is 9.72. The van der Waals surface area contributed by atoms with E-state index in [2.05, 4.69) is 27.0 Å². The summed E-state index contributed by atoms with van der Waals surface area (Å²) in [6.07, 6.45) is -11.0. The standard InChI is InChI=1S/C20H24FN3O2.3C2HF3O2/c1-15-5-2-6-16(23-15)12-24-10-4-8-20(14-24)11-17(13-25-20)26-19-18(21)7-3-9-22-19;3*3-2(4,5)1(6)7/h2-3,5-7,9,17H,4,8,10-14H2,1H3;3*(H,6,7)/t17-,20+;;;/m1.../s1. The van der Waals surface area contributed by atoms with Gasteiger partial charge in [-0.1, -0.05) is 6.07 Å². The molecule has 0 unspecified atom stereocenters. The minimum absolute atomic E-state index is 0.0646. The number of carboxylic acids is 3. The third-order valence-electron chi connectivity index (χ3n) is 5.86. The molecule has 0 radical (unpaired) electrons. The third-order valence-corrected chi connectivity index (χ3v) is 5.86. The summed E-state index contributed by atoms with van der Waals surface area (Å²) in [5, 5.41) is 21.4. The number of aromatic nitrogens is 2. The first-order chi connectivity index (χ1) is 21.4. The SMILES string of the molecule is Cc1cccc(CN2CCC[C@]3(C[C@@H](Oc4ncccc4F)CO3)C2)n1.O=C(O)C(F)(F)F.O=C(O)C(F)(F)F.O=C(O)C(F)(F)F. The average molecular weight is 699 g/mol. The van der Waals surface area contributed by atoms with E-state index in [4.69, 9.17) is 39.2 Å². The molecule has 4 rings (SSSR count). The smallest absolute Gasteiger partial charge is 0.475 e. The molecule has 1 spiro atoms. The fraction of sp³-hybridized carbons (Fsp3) is 0.500. The number of ether oxygens (including phenoxy) is 2. The Balaban J connectivity index is 0.000000430. The lowest BCUT2D eigenvalue weighted by Crippen LogP contribution is -2.47. The van der Waals surface area contributed by atoms with E-state index in [0.29, 0.717) is 6.61 Å². The maximum Gasteiger partial charge on any atom is 0.490 e. The van der Waals surface area contributed by atoms with Crippen LogP contribution in [0.1, 0.15) is 30.7 Å². The molecule has 2 fully saturated rings. The van der Waals surface area contributed by atoms with Crippen LogP contribution in [0.3, 0.4) is 0 Å². The lowest BCUT2D eigenvalue weighted by Gasteiger charge is -2.39. The van der Waals surface area contributed by atoms with Gasteiger partial charge in [0.15, 0.2) is 5.82 Å². The Morgan fingerprint density at radius 2 is 1.47 bits per heavy atom. The number of halogens is 10. The first kappa shape index (κ1) is 40.8. The quantitative estimate of drug-likeness (QED) is 0.368. The van der Waals surface area contributed by atoms with E-state index < -0.39 is 42.3 Å². The summed E-state index contributed by atoms with van der Waals surface area (Å²) >= 11 is 0. The van der Waals surface area contributed by atoms with Crippen molar-refractivity contribution in [2.24, 2.45) is 0 Å². The second kappa shape index (κ2) is 17.0. The van der Waals surface area contributed by atoms with Crippen LogP contribution in [-0.2, 0) is 25.7 Å². The molecule has 0 saturated carbocycles. The summed E-state index contributed by atoms with van der Waals surface area (Å²) in [6.45, 7) is 5.22. The van der Waals surface area contributed by atoms with Gasteiger partial charge in [0.2, 0.25) is 0 Å². The van der Waals surface area contributed by atoms with Crippen LogP contribution >= 0.6 is 0 Å².